The summed E-state index contributed by atoms with van der Waals surface area (Å²) in [7, 11) is 0. The van der Waals surface area contributed by atoms with Crippen molar-refractivity contribution in [1.29, 1.82) is 0 Å². The van der Waals surface area contributed by atoms with Gasteiger partial charge in [-0.1, -0.05) is 66.2 Å². The van der Waals surface area contributed by atoms with Crippen LogP contribution < -0.4 is 10.6 Å². The van der Waals surface area contributed by atoms with Gasteiger partial charge in [0.15, 0.2) is 0 Å². The molecular formula is C28H31N3O4S. The van der Waals surface area contributed by atoms with Gasteiger partial charge in [0.2, 0.25) is 11.8 Å². The molecule has 1 aromatic heterocycles. The van der Waals surface area contributed by atoms with Crippen LogP contribution in [-0.2, 0) is 20.9 Å². The molecule has 36 heavy (non-hydrogen) atoms. The minimum atomic E-state index is -0.861. The van der Waals surface area contributed by atoms with Crippen molar-refractivity contribution < 1.29 is 19.1 Å². The van der Waals surface area contributed by atoms with Crippen LogP contribution in [0.3, 0.4) is 0 Å². The van der Waals surface area contributed by atoms with E-state index in [-0.39, 0.29) is 36.9 Å². The molecule has 1 fully saturated rings. The standard InChI is InChI=1S/C28H31N3O4S/c1-20-11-13-21(14-12-20)19-31(25(32)18-30-27(33)24-10-6-16-36-24)26(22-7-3-2-4-8-22)28(34)29-17-23-9-5-15-35-23/h2-4,6-8,10-14,16,23,26H,5,9,15,17-19H2,1H3,(H,29,34)(H,30,33)/t23-,26+/m0/s1. The zero-order valence-electron chi connectivity index (χ0n) is 20.3. The van der Waals surface area contributed by atoms with Crippen molar-refractivity contribution in [1.82, 2.24) is 15.5 Å². The summed E-state index contributed by atoms with van der Waals surface area (Å²) >= 11 is 1.31. The quantitative estimate of drug-likeness (QED) is 0.438. The summed E-state index contributed by atoms with van der Waals surface area (Å²) in [6.45, 7) is 3.10. The Morgan fingerprint density at radius 1 is 1.03 bits per heavy atom. The lowest BCUT2D eigenvalue weighted by Crippen LogP contribution is -2.47. The van der Waals surface area contributed by atoms with Crippen molar-refractivity contribution in [2.45, 2.75) is 38.5 Å². The van der Waals surface area contributed by atoms with E-state index in [1.54, 1.807) is 17.0 Å². The third-order valence-electron chi connectivity index (χ3n) is 6.14. The highest BCUT2D eigenvalue weighted by Crippen LogP contribution is 2.24. The molecule has 1 aliphatic heterocycles. The minimum Gasteiger partial charge on any atom is -0.376 e. The van der Waals surface area contributed by atoms with Gasteiger partial charge in [-0.05, 0) is 42.3 Å². The largest absolute Gasteiger partial charge is 0.376 e. The normalized spacial score (nSPS) is 15.8. The topological polar surface area (TPSA) is 87.7 Å². The number of nitrogens with one attached hydrogen (secondary N) is 2. The molecule has 2 atom stereocenters. The molecule has 0 aliphatic carbocycles. The Balaban J connectivity index is 1.58. The van der Waals surface area contributed by atoms with Crippen molar-refractivity contribution in [3.05, 3.63) is 93.7 Å². The molecule has 1 saturated heterocycles. The van der Waals surface area contributed by atoms with E-state index in [2.05, 4.69) is 10.6 Å². The smallest absolute Gasteiger partial charge is 0.261 e. The fraction of sp³-hybridized carbons (Fsp3) is 0.321. The Morgan fingerprint density at radius 3 is 2.47 bits per heavy atom. The Kier molecular flexibility index (Phi) is 8.86. The Labute approximate surface area is 215 Å². The van der Waals surface area contributed by atoms with Crippen LogP contribution in [0.15, 0.2) is 72.1 Å². The number of nitrogens with zero attached hydrogens (tertiary/aromatic N) is 1. The number of amides is 3. The first-order valence-electron chi connectivity index (χ1n) is 12.1. The van der Waals surface area contributed by atoms with Crippen LogP contribution in [0.2, 0.25) is 0 Å². The number of carbonyl (C=O) groups is 3. The molecule has 2 aromatic carbocycles. The molecule has 8 heteroatoms. The molecule has 0 bridgehead atoms. The van der Waals surface area contributed by atoms with E-state index in [0.29, 0.717) is 23.6 Å². The van der Waals surface area contributed by atoms with E-state index in [0.717, 1.165) is 24.0 Å². The Bertz CT molecular complexity index is 1140. The molecule has 0 spiro atoms. The molecule has 7 nitrogen and oxygen atoms in total. The van der Waals surface area contributed by atoms with Crippen LogP contribution in [0.4, 0.5) is 0 Å². The molecule has 0 radical (unpaired) electrons. The first-order valence-corrected chi connectivity index (χ1v) is 13.0. The van der Waals surface area contributed by atoms with Gasteiger partial charge in [0.1, 0.15) is 6.04 Å². The third kappa shape index (κ3) is 6.80. The van der Waals surface area contributed by atoms with Crippen molar-refractivity contribution in [3.63, 3.8) is 0 Å². The molecule has 2 heterocycles. The lowest BCUT2D eigenvalue weighted by atomic mass is 10.0. The van der Waals surface area contributed by atoms with Gasteiger partial charge in [0, 0.05) is 19.7 Å². The van der Waals surface area contributed by atoms with E-state index in [1.807, 2.05) is 66.9 Å². The van der Waals surface area contributed by atoms with E-state index < -0.39 is 6.04 Å². The summed E-state index contributed by atoms with van der Waals surface area (Å²) < 4.78 is 5.66. The number of hydrogen-bond donors (Lipinski definition) is 2. The number of ether oxygens (including phenoxy) is 1. The van der Waals surface area contributed by atoms with E-state index in [4.69, 9.17) is 4.74 Å². The molecule has 4 rings (SSSR count). The fourth-order valence-electron chi connectivity index (χ4n) is 4.19. The summed E-state index contributed by atoms with van der Waals surface area (Å²) in [6, 6.07) is 19.8. The Hall–Kier alpha value is -3.49. The highest BCUT2D eigenvalue weighted by atomic mass is 32.1. The van der Waals surface area contributed by atoms with E-state index in [9.17, 15) is 14.4 Å². The van der Waals surface area contributed by atoms with Gasteiger partial charge in [-0.15, -0.1) is 11.3 Å². The number of aryl methyl sites for hydroxylation is 1. The summed E-state index contributed by atoms with van der Waals surface area (Å²) in [5, 5.41) is 7.52. The minimum absolute atomic E-state index is 0.0169. The molecule has 3 amide bonds. The summed E-state index contributed by atoms with van der Waals surface area (Å²) in [5.41, 5.74) is 2.70. The zero-order chi connectivity index (χ0) is 25.3. The second kappa shape index (κ2) is 12.5. The van der Waals surface area contributed by atoms with Gasteiger partial charge in [-0.25, -0.2) is 0 Å². The first kappa shape index (κ1) is 25.6. The average Bonchev–Trinajstić information content (AvgIpc) is 3.62. The SMILES string of the molecule is Cc1ccc(CN(C(=O)CNC(=O)c2cccs2)[C@@H](C(=O)NC[C@@H]2CCCO2)c2ccccc2)cc1. The number of thiophene rings is 1. The predicted molar refractivity (Wildman–Crippen MR) is 140 cm³/mol. The molecular weight excluding hydrogens is 474 g/mol. The summed E-state index contributed by atoms with van der Waals surface area (Å²) in [6.07, 6.45) is 1.86. The molecule has 0 saturated carbocycles. The van der Waals surface area contributed by atoms with Crippen LogP contribution in [0, 0.1) is 6.92 Å². The second-order valence-electron chi connectivity index (χ2n) is 8.86. The number of carbonyl (C=O) groups excluding carboxylic acids is 3. The van der Waals surface area contributed by atoms with Gasteiger partial charge in [-0.3, -0.25) is 14.4 Å². The number of benzene rings is 2. The monoisotopic (exact) mass is 505 g/mol. The van der Waals surface area contributed by atoms with Crippen molar-refractivity contribution >= 4 is 29.1 Å². The number of rotatable bonds is 10. The van der Waals surface area contributed by atoms with Crippen LogP contribution in [-0.4, -0.2) is 48.4 Å². The van der Waals surface area contributed by atoms with Gasteiger partial charge < -0.3 is 20.3 Å². The van der Waals surface area contributed by atoms with Gasteiger partial charge in [-0.2, -0.15) is 0 Å². The second-order valence-corrected chi connectivity index (χ2v) is 9.81. The fourth-order valence-corrected chi connectivity index (χ4v) is 4.83. The third-order valence-corrected chi connectivity index (χ3v) is 7.01. The van der Waals surface area contributed by atoms with Gasteiger partial charge in [0.05, 0.1) is 17.5 Å². The van der Waals surface area contributed by atoms with E-state index in [1.165, 1.54) is 11.3 Å². The predicted octanol–water partition coefficient (Wildman–Crippen LogP) is 3.85. The Morgan fingerprint density at radius 2 is 1.81 bits per heavy atom. The first-order chi connectivity index (χ1) is 17.5. The number of hydrogen-bond acceptors (Lipinski definition) is 5. The summed E-state index contributed by atoms with van der Waals surface area (Å²) in [4.78, 5) is 41.7. The maximum absolute atomic E-state index is 13.6. The molecule has 1 aliphatic rings. The van der Waals surface area contributed by atoms with Gasteiger partial charge >= 0.3 is 0 Å². The molecule has 0 unspecified atom stereocenters. The van der Waals surface area contributed by atoms with Gasteiger partial charge in [0.25, 0.3) is 5.91 Å². The maximum atomic E-state index is 13.6. The molecule has 2 N–H and O–H groups in total. The summed E-state index contributed by atoms with van der Waals surface area (Å²) in [5.74, 6) is -0.934. The van der Waals surface area contributed by atoms with E-state index >= 15 is 0 Å². The lowest BCUT2D eigenvalue weighted by molar-refractivity contribution is -0.141. The zero-order valence-corrected chi connectivity index (χ0v) is 21.1. The van der Waals surface area contributed by atoms with Crippen molar-refractivity contribution in [3.8, 4) is 0 Å². The van der Waals surface area contributed by atoms with Crippen LogP contribution >= 0.6 is 11.3 Å². The average molecular weight is 506 g/mol. The van der Waals surface area contributed by atoms with Crippen LogP contribution in [0.25, 0.3) is 0 Å². The van der Waals surface area contributed by atoms with Crippen molar-refractivity contribution in [2.75, 3.05) is 19.7 Å². The van der Waals surface area contributed by atoms with Crippen LogP contribution in [0.5, 0.6) is 0 Å². The highest BCUT2D eigenvalue weighted by molar-refractivity contribution is 7.12. The maximum Gasteiger partial charge on any atom is 0.261 e. The molecule has 3 aromatic rings. The van der Waals surface area contributed by atoms with Crippen molar-refractivity contribution in [2.24, 2.45) is 0 Å². The lowest BCUT2D eigenvalue weighted by Gasteiger charge is -2.32. The molecule has 188 valence electrons. The van der Waals surface area contributed by atoms with Crippen LogP contribution in [0.1, 0.15) is 45.2 Å². The highest BCUT2D eigenvalue weighted by Gasteiger charge is 2.32.